The second kappa shape index (κ2) is 8.93. The van der Waals surface area contributed by atoms with E-state index in [0.29, 0.717) is 17.7 Å². The number of nitrogens with zero attached hydrogens (tertiary/aromatic N) is 3. The molecule has 0 fully saturated rings. The highest BCUT2D eigenvalue weighted by atomic mass is 32.2. The molecule has 146 valence electrons. The summed E-state index contributed by atoms with van der Waals surface area (Å²) in [5, 5.41) is 11.4. The van der Waals surface area contributed by atoms with E-state index in [1.54, 1.807) is 0 Å². The third-order valence-corrected chi connectivity index (χ3v) is 4.96. The van der Waals surface area contributed by atoms with Crippen molar-refractivity contribution >= 4 is 23.4 Å². The van der Waals surface area contributed by atoms with Crippen LogP contribution >= 0.6 is 11.8 Å². The molecule has 1 amide bonds. The molecule has 1 aromatic heterocycles. The Morgan fingerprint density at radius 1 is 1.07 bits per heavy atom. The van der Waals surface area contributed by atoms with Crippen LogP contribution in [0.1, 0.15) is 16.7 Å². The van der Waals surface area contributed by atoms with Crippen LogP contribution in [-0.4, -0.2) is 36.0 Å². The van der Waals surface area contributed by atoms with E-state index in [9.17, 15) is 4.79 Å². The van der Waals surface area contributed by atoms with Crippen molar-refractivity contribution < 1.29 is 9.21 Å². The van der Waals surface area contributed by atoms with E-state index >= 15 is 0 Å². The van der Waals surface area contributed by atoms with Crippen LogP contribution in [0.25, 0.3) is 11.5 Å². The van der Waals surface area contributed by atoms with Crippen LogP contribution < -0.4 is 10.2 Å². The zero-order valence-electron chi connectivity index (χ0n) is 16.5. The second-order valence-electron chi connectivity index (χ2n) is 6.88. The van der Waals surface area contributed by atoms with Crippen LogP contribution in [0.2, 0.25) is 0 Å². The summed E-state index contributed by atoms with van der Waals surface area (Å²) in [6, 6.07) is 14.2. The Labute approximate surface area is 169 Å². The van der Waals surface area contributed by atoms with Crippen LogP contribution in [0.15, 0.2) is 52.1 Å². The number of hydrogen-bond acceptors (Lipinski definition) is 6. The minimum absolute atomic E-state index is 0.0761. The Hall–Kier alpha value is -2.80. The summed E-state index contributed by atoms with van der Waals surface area (Å²) in [5.74, 6) is 0.619. The first kappa shape index (κ1) is 19.9. The maximum absolute atomic E-state index is 12.1. The number of aromatic nitrogens is 2. The number of aryl methyl sites for hydroxylation is 2. The number of amides is 1. The number of benzene rings is 2. The largest absolute Gasteiger partial charge is 0.411 e. The van der Waals surface area contributed by atoms with Gasteiger partial charge in [-0.25, -0.2) is 0 Å². The molecule has 0 aliphatic carbocycles. The summed E-state index contributed by atoms with van der Waals surface area (Å²) in [5.41, 5.74) is 5.35. The van der Waals surface area contributed by atoms with Gasteiger partial charge in [-0.05, 0) is 43.7 Å². The highest BCUT2D eigenvalue weighted by Gasteiger charge is 2.12. The fraction of sp³-hybridized carbons (Fsp3) is 0.286. The fourth-order valence-electron chi connectivity index (χ4n) is 2.77. The van der Waals surface area contributed by atoms with Crippen LogP contribution in [0, 0.1) is 13.8 Å². The third kappa shape index (κ3) is 5.36. The summed E-state index contributed by atoms with van der Waals surface area (Å²) in [7, 11) is 3.99. The summed E-state index contributed by atoms with van der Waals surface area (Å²) in [4.78, 5) is 14.1. The predicted octanol–water partition coefficient (Wildman–Crippen LogP) is 3.83. The quantitative estimate of drug-likeness (QED) is 0.612. The molecule has 6 nitrogen and oxygen atoms in total. The van der Waals surface area contributed by atoms with Crippen molar-refractivity contribution in [3.8, 4) is 11.5 Å². The van der Waals surface area contributed by atoms with Gasteiger partial charge in [0, 0.05) is 31.9 Å². The Kier molecular flexibility index (Phi) is 6.36. The first-order valence-electron chi connectivity index (χ1n) is 8.98. The number of thioether (sulfide) groups is 1. The number of carbonyl (C=O) groups excluding carboxylic acids is 1. The van der Waals surface area contributed by atoms with Crippen molar-refractivity contribution in [3.63, 3.8) is 0 Å². The van der Waals surface area contributed by atoms with Gasteiger partial charge in [-0.3, -0.25) is 4.79 Å². The van der Waals surface area contributed by atoms with Crippen LogP contribution in [0.3, 0.4) is 0 Å². The van der Waals surface area contributed by atoms with E-state index in [4.69, 9.17) is 4.42 Å². The van der Waals surface area contributed by atoms with E-state index in [0.717, 1.165) is 27.9 Å². The molecule has 3 aromatic rings. The molecule has 1 heterocycles. The molecule has 1 N–H and O–H groups in total. The summed E-state index contributed by atoms with van der Waals surface area (Å²) >= 11 is 1.23. The van der Waals surface area contributed by atoms with Crippen molar-refractivity contribution in [1.82, 2.24) is 15.5 Å². The molecule has 0 atom stereocenters. The van der Waals surface area contributed by atoms with E-state index in [2.05, 4.69) is 21.6 Å². The van der Waals surface area contributed by atoms with Crippen LogP contribution in [-0.2, 0) is 11.3 Å². The third-order valence-electron chi connectivity index (χ3n) is 4.14. The van der Waals surface area contributed by atoms with Gasteiger partial charge in [0.05, 0.1) is 5.75 Å². The average Bonchev–Trinajstić information content (AvgIpc) is 3.13. The van der Waals surface area contributed by atoms with Gasteiger partial charge in [-0.1, -0.05) is 41.1 Å². The molecule has 0 bridgehead atoms. The standard InChI is InChI=1S/C21H24N4O2S/c1-14-9-15(2)11-17(10-14)20-23-24-21(27-20)28-13-19(26)22-12-16-5-7-18(8-6-16)25(3)4/h5-11H,12-13H2,1-4H3,(H,22,26). The summed E-state index contributed by atoms with van der Waals surface area (Å²) < 4.78 is 5.68. The van der Waals surface area contributed by atoms with E-state index < -0.39 is 0 Å². The summed E-state index contributed by atoms with van der Waals surface area (Å²) in [6.45, 7) is 4.55. The van der Waals surface area contributed by atoms with Crippen molar-refractivity contribution in [2.75, 3.05) is 24.7 Å². The van der Waals surface area contributed by atoms with Crippen molar-refractivity contribution in [2.24, 2.45) is 0 Å². The first-order chi connectivity index (χ1) is 13.4. The molecular formula is C21H24N4O2S. The maximum atomic E-state index is 12.1. The van der Waals surface area contributed by atoms with Gasteiger partial charge >= 0.3 is 0 Å². The van der Waals surface area contributed by atoms with Crippen LogP contribution in [0.4, 0.5) is 5.69 Å². The summed E-state index contributed by atoms with van der Waals surface area (Å²) in [6.07, 6.45) is 0. The molecule has 2 aromatic carbocycles. The fourth-order valence-corrected chi connectivity index (χ4v) is 3.37. The van der Waals surface area contributed by atoms with Crippen molar-refractivity contribution in [2.45, 2.75) is 25.6 Å². The smallest absolute Gasteiger partial charge is 0.277 e. The molecule has 0 saturated carbocycles. The van der Waals surface area contributed by atoms with Gasteiger partial charge in [0.15, 0.2) is 0 Å². The van der Waals surface area contributed by atoms with E-state index in [1.165, 1.54) is 11.8 Å². The minimum Gasteiger partial charge on any atom is -0.411 e. The maximum Gasteiger partial charge on any atom is 0.277 e. The van der Waals surface area contributed by atoms with Crippen molar-refractivity contribution in [1.29, 1.82) is 0 Å². The Morgan fingerprint density at radius 2 is 1.75 bits per heavy atom. The molecule has 3 rings (SSSR count). The lowest BCUT2D eigenvalue weighted by atomic mass is 10.1. The highest BCUT2D eigenvalue weighted by molar-refractivity contribution is 7.99. The van der Waals surface area contributed by atoms with Gasteiger partial charge < -0.3 is 14.6 Å². The zero-order chi connectivity index (χ0) is 20.1. The Morgan fingerprint density at radius 3 is 2.39 bits per heavy atom. The average molecular weight is 397 g/mol. The topological polar surface area (TPSA) is 71.3 Å². The highest BCUT2D eigenvalue weighted by Crippen LogP contribution is 2.24. The predicted molar refractivity (Wildman–Crippen MR) is 113 cm³/mol. The Bertz CT molecular complexity index is 931. The van der Waals surface area contributed by atoms with Crippen LogP contribution in [0.5, 0.6) is 0 Å². The molecule has 0 saturated heterocycles. The monoisotopic (exact) mass is 396 g/mol. The Balaban J connectivity index is 1.50. The van der Waals surface area contributed by atoms with Crippen molar-refractivity contribution in [3.05, 3.63) is 59.2 Å². The lowest BCUT2D eigenvalue weighted by Gasteiger charge is -2.12. The molecular weight excluding hydrogens is 372 g/mol. The van der Waals surface area contributed by atoms with Gasteiger partial charge in [-0.2, -0.15) is 0 Å². The molecule has 0 unspecified atom stereocenters. The number of hydrogen-bond donors (Lipinski definition) is 1. The van der Waals surface area contributed by atoms with Gasteiger partial charge in [0.25, 0.3) is 5.22 Å². The first-order valence-corrected chi connectivity index (χ1v) is 9.97. The lowest BCUT2D eigenvalue weighted by molar-refractivity contribution is -0.118. The molecule has 0 aliphatic heterocycles. The van der Waals surface area contributed by atoms with E-state index in [-0.39, 0.29) is 11.7 Å². The molecule has 7 heteroatoms. The normalized spacial score (nSPS) is 10.7. The number of anilines is 1. The zero-order valence-corrected chi connectivity index (χ0v) is 17.3. The molecule has 0 spiro atoms. The van der Waals surface area contributed by atoms with Gasteiger partial charge in [0.2, 0.25) is 11.8 Å². The second-order valence-corrected chi connectivity index (χ2v) is 7.80. The molecule has 0 aliphatic rings. The minimum atomic E-state index is -0.0761. The number of carbonyl (C=O) groups is 1. The lowest BCUT2D eigenvalue weighted by Crippen LogP contribution is -2.24. The SMILES string of the molecule is Cc1cc(C)cc(-c2nnc(SCC(=O)NCc3ccc(N(C)C)cc3)o2)c1. The number of rotatable bonds is 7. The number of nitrogens with one attached hydrogen (secondary N) is 1. The van der Waals surface area contributed by atoms with Gasteiger partial charge in [-0.15, -0.1) is 10.2 Å². The van der Waals surface area contributed by atoms with Gasteiger partial charge in [0.1, 0.15) is 0 Å². The van der Waals surface area contributed by atoms with E-state index in [1.807, 2.05) is 69.2 Å². The molecule has 28 heavy (non-hydrogen) atoms. The molecule has 0 radical (unpaired) electrons.